The maximum atomic E-state index is 12.2. The monoisotopic (exact) mass is 314 g/mol. The van der Waals surface area contributed by atoms with Crippen molar-refractivity contribution in [3.8, 4) is 11.5 Å². The Hall–Kier alpha value is -1.46. The van der Waals surface area contributed by atoms with Gasteiger partial charge in [-0.25, -0.2) is 0 Å². The zero-order valence-electron chi connectivity index (χ0n) is 12.5. The summed E-state index contributed by atoms with van der Waals surface area (Å²) < 4.78 is 10.7. The number of nitrogens with one attached hydrogen (secondary N) is 2. The van der Waals surface area contributed by atoms with Crippen LogP contribution in [-0.2, 0) is 4.79 Å². The summed E-state index contributed by atoms with van der Waals surface area (Å²) >= 11 is 0. The predicted octanol–water partition coefficient (Wildman–Crippen LogP) is 2.45. The van der Waals surface area contributed by atoms with E-state index >= 15 is 0 Å². The lowest BCUT2D eigenvalue weighted by Gasteiger charge is -2.22. The van der Waals surface area contributed by atoms with Crippen LogP contribution in [0, 0.1) is 5.92 Å². The number of benzene rings is 1. The van der Waals surface area contributed by atoms with Gasteiger partial charge in [-0.05, 0) is 45.0 Å². The molecule has 0 aliphatic carbocycles. The molecule has 6 heteroatoms. The molecule has 2 rings (SSSR count). The van der Waals surface area contributed by atoms with Gasteiger partial charge in [0.15, 0.2) is 11.5 Å². The van der Waals surface area contributed by atoms with Crippen LogP contribution in [0.3, 0.4) is 0 Å². The first kappa shape index (κ1) is 17.6. The first-order valence-corrected chi connectivity index (χ1v) is 7.07. The van der Waals surface area contributed by atoms with Gasteiger partial charge in [0.1, 0.15) is 0 Å². The number of amides is 1. The predicted molar refractivity (Wildman–Crippen MR) is 85.6 cm³/mol. The van der Waals surface area contributed by atoms with Crippen molar-refractivity contribution in [1.29, 1.82) is 0 Å². The highest BCUT2D eigenvalue weighted by Crippen LogP contribution is 2.30. The maximum absolute atomic E-state index is 12.2. The van der Waals surface area contributed by atoms with Crippen molar-refractivity contribution in [2.75, 3.05) is 32.1 Å². The van der Waals surface area contributed by atoms with E-state index in [1.54, 1.807) is 13.2 Å². The molecule has 21 heavy (non-hydrogen) atoms. The number of carbonyl (C=O) groups is 1. The fourth-order valence-electron chi connectivity index (χ4n) is 2.35. The van der Waals surface area contributed by atoms with Gasteiger partial charge in [0.25, 0.3) is 0 Å². The minimum Gasteiger partial charge on any atom is -0.493 e. The fourth-order valence-corrected chi connectivity index (χ4v) is 2.35. The molecule has 1 aliphatic heterocycles. The largest absolute Gasteiger partial charge is 0.493 e. The minimum atomic E-state index is 0. The van der Waals surface area contributed by atoms with Crippen molar-refractivity contribution in [2.45, 2.75) is 19.8 Å². The van der Waals surface area contributed by atoms with Crippen molar-refractivity contribution >= 4 is 24.0 Å². The van der Waals surface area contributed by atoms with Crippen LogP contribution < -0.4 is 20.1 Å². The van der Waals surface area contributed by atoms with Crippen LogP contribution in [0.5, 0.6) is 11.5 Å². The van der Waals surface area contributed by atoms with E-state index in [0.717, 1.165) is 31.6 Å². The molecule has 5 nitrogen and oxygen atoms in total. The lowest BCUT2D eigenvalue weighted by atomic mass is 9.97. The number of rotatable bonds is 5. The van der Waals surface area contributed by atoms with E-state index in [4.69, 9.17) is 9.47 Å². The molecule has 0 unspecified atom stereocenters. The summed E-state index contributed by atoms with van der Waals surface area (Å²) in [6, 6.07) is 5.45. The topological polar surface area (TPSA) is 59.6 Å². The standard InChI is InChI=1S/C15H22N2O3.ClH/c1-3-20-14-10-12(4-5-13(14)19-2)17-15(18)11-6-8-16-9-7-11;/h4-5,10-11,16H,3,6-9H2,1-2H3,(H,17,18);1H. The van der Waals surface area contributed by atoms with Crippen LogP contribution in [0.15, 0.2) is 18.2 Å². The molecular weight excluding hydrogens is 292 g/mol. The number of methoxy groups -OCH3 is 1. The Bertz CT molecular complexity index is 462. The number of hydrogen-bond donors (Lipinski definition) is 2. The SMILES string of the molecule is CCOc1cc(NC(=O)C2CCNCC2)ccc1OC.Cl. The van der Waals surface area contributed by atoms with Gasteiger partial charge >= 0.3 is 0 Å². The average molecular weight is 315 g/mol. The van der Waals surface area contributed by atoms with E-state index in [2.05, 4.69) is 10.6 Å². The summed E-state index contributed by atoms with van der Waals surface area (Å²) in [4.78, 5) is 12.2. The molecule has 2 N–H and O–H groups in total. The van der Waals surface area contributed by atoms with E-state index in [1.807, 2.05) is 19.1 Å². The second kappa shape index (κ2) is 8.74. The summed E-state index contributed by atoms with van der Waals surface area (Å²) in [6.45, 7) is 4.29. The van der Waals surface area contributed by atoms with Crippen molar-refractivity contribution in [2.24, 2.45) is 5.92 Å². The molecule has 0 spiro atoms. The van der Waals surface area contributed by atoms with E-state index in [1.165, 1.54) is 0 Å². The van der Waals surface area contributed by atoms with Crippen LogP contribution in [0.2, 0.25) is 0 Å². The molecule has 0 saturated carbocycles. The van der Waals surface area contributed by atoms with Gasteiger partial charge in [0.05, 0.1) is 13.7 Å². The van der Waals surface area contributed by atoms with Gasteiger partial charge in [-0.1, -0.05) is 0 Å². The van der Waals surface area contributed by atoms with E-state index in [-0.39, 0.29) is 24.2 Å². The highest BCUT2D eigenvalue weighted by atomic mass is 35.5. The molecule has 1 amide bonds. The summed E-state index contributed by atoms with van der Waals surface area (Å²) in [5, 5.41) is 6.22. The van der Waals surface area contributed by atoms with Gasteiger partial charge in [0.2, 0.25) is 5.91 Å². The molecular formula is C15H23ClN2O3. The Morgan fingerprint density at radius 3 is 2.67 bits per heavy atom. The molecule has 118 valence electrons. The Kier molecular flexibility index (Phi) is 7.32. The van der Waals surface area contributed by atoms with Crippen molar-refractivity contribution in [3.05, 3.63) is 18.2 Å². The van der Waals surface area contributed by atoms with E-state index < -0.39 is 0 Å². The first-order valence-electron chi connectivity index (χ1n) is 7.07. The summed E-state index contributed by atoms with van der Waals surface area (Å²) in [5.41, 5.74) is 0.748. The summed E-state index contributed by atoms with van der Waals surface area (Å²) in [7, 11) is 1.60. The summed E-state index contributed by atoms with van der Waals surface area (Å²) in [5.74, 6) is 1.50. The summed E-state index contributed by atoms with van der Waals surface area (Å²) in [6.07, 6.45) is 1.78. The van der Waals surface area contributed by atoms with Gasteiger partial charge in [-0.3, -0.25) is 4.79 Å². The van der Waals surface area contributed by atoms with Gasteiger partial charge < -0.3 is 20.1 Å². The number of halogens is 1. The van der Waals surface area contributed by atoms with Crippen LogP contribution in [-0.4, -0.2) is 32.7 Å². The van der Waals surface area contributed by atoms with Crippen LogP contribution in [0.4, 0.5) is 5.69 Å². The highest BCUT2D eigenvalue weighted by molar-refractivity contribution is 5.93. The third-order valence-corrected chi connectivity index (χ3v) is 3.44. The third-order valence-electron chi connectivity index (χ3n) is 3.44. The number of hydrogen-bond acceptors (Lipinski definition) is 4. The molecule has 0 radical (unpaired) electrons. The van der Waals surface area contributed by atoms with E-state index in [0.29, 0.717) is 18.1 Å². The fraction of sp³-hybridized carbons (Fsp3) is 0.533. The van der Waals surface area contributed by atoms with Gasteiger partial charge in [-0.2, -0.15) is 0 Å². The number of ether oxygens (including phenoxy) is 2. The molecule has 0 bridgehead atoms. The third kappa shape index (κ3) is 4.79. The van der Waals surface area contributed by atoms with Gasteiger partial charge in [-0.15, -0.1) is 12.4 Å². The smallest absolute Gasteiger partial charge is 0.227 e. The normalized spacial score (nSPS) is 15.0. The Balaban J connectivity index is 0.00000220. The molecule has 0 aromatic heterocycles. The molecule has 1 fully saturated rings. The number of piperidine rings is 1. The van der Waals surface area contributed by atoms with Crippen molar-refractivity contribution in [3.63, 3.8) is 0 Å². The quantitative estimate of drug-likeness (QED) is 0.876. The molecule has 1 aliphatic rings. The van der Waals surface area contributed by atoms with Crippen LogP contribution in [0.25, 0.3) is 0 Å². The van der Waals surface area contributed by atoms with Gasteiger partial charge in [0, 0.05) is 17.7 Å². The average Bonchev–Trinajstić information content (AvgIpc) is 2.49. The molecule has 1 saturated heterocycles. The minimum absolute atomic E-state index is 0. The second-order valence-electron chi connectivity index (χ2n) is 4.81. The second-order valence-corrected chi connectivity index (χ2v) is 4.81. The molecule has 0 atom stereocenters. The van der Waals surface area contributed by atoms with Crippen molar-refractivity contribution in [1.82, 2.24) is 5.32 Å². The zero-order chi connectivity index (χ0) is 14.4. The lowest BCUT2D eigenvalue weighted by Crippen LogP contribution is -2.34. The maximum Gasteiger partial charge on any atom is 0.227 e. The van der Waals surface area contributed by atoms with Crippen LogP contribution >= 0.6 is 12.4 Å². The number of anilines is 1. The first-order chi connectivity index (χ1) is 9.74. The van der Waals surface area contributed by atoms with E-state index in [9.17, 15) is 4.79 Å². The lowest BCUT2D eigenvalue weighted by molar-refractivity contribution is -0.120. The Morgan fingerprint density at radius 2 is 2.05 bits per heavy atom. The number of carbonyl (C=O) groups excluding carboxylic acids is 1. The Morgan fingerprint density at radius 1 is 1.33 bits per heavy atom. The Labute approximate surface area is 131 Å². The zero-order valence-corrected chi connectivity index (χ0v) is 13.3. The highest BCUT2D eigenvalue weighted by Gasteiger charge is 2.21. The molecule has 1 heterocycles. The molecule has 1 aromatic rings. The van der Waals surface area contributed by atoms with Crippen molar-refractivity contribution < 1.29 is 14.3 Å². The molecule has 1 aromatic carbocycles. The van der Waals surface area contributed by atoms with Crippen LogP contribution in [0.1, 0.15) is 19.8 Å².